The van der Waals surface area contributed by atoms with Crippen LogP contribution in [-0.4, -0.2) is 38.9 Å². The molecule has 1 rings (SSSR count). The van der Waals surface area contributed by atoms with Gasteiger partial charge < -0.3 is 15.4 Å². The van der Waals surface area contributed by atoms with Gasteiger partial charge in [0.25, 0.3) is 0 Å². The average Bonchev–Trinajstić information content (AvgIpc) is 2.86. The molecular formula is C17H36N2O. The lowest BCUT2D eigenvalue weighted by Crippen LogP contribution is -2.40. The Morgan fingerprint density at radius 3 is 2.60 bits per heavy atom. The quantitative estimate of drug-likeness (QED) is 0.540. The van der Waals surface area contributed by atoms with Crippen LogP contribution in [0.3, 0.4) is 0 Å². The van der Waals surface area contributed by atoms with Crippen molar-refractivity contribution in [3.63, 3.8) is 0 Å². The van der Waals surface area contributed by atoms with Crippen molar-refractivity contribution in [2.75, 3.05) is 32.8 Å². The minimum absolute atomic E-state index is 0.563. The van der Waals surface area contributed by atoms with E-state index in [0.29, 0.717) is 12.0 Å². The van der Waals surface area contributed by atoms with Crippen LogP contribution in [0, 0.1) is 11.8 Å². The van der Waals surface area contributed by atoms with Crippen molar-refractivity contribution < 1.29 is 4.74 Å². The lowest BCUT2D eigenvalue weighted by atomic mass is 10.0. The molecule has 3 nitrogen and oxygen atoms in total. The highest BCUT2D eigenvalue weighted by Crippen LogP contribution is 2.13. The molecule has 0 aliphatic carbocycles. The molecule has 1 aliphatic rings. The maximum absolute atomic E-state index is 5.60. The van der Waals surface area contributed by atoms with Crippen molar-refractivity contribution in [2.45, 2.75) is 65.3 Å². The van der Waals surface area contributed by atoms with Gasteiger partial charge in [0.15, 0.2) is 0 Å². The molecule has 2 atom stereocenters. The Kier molecular flexibility index (Phi) is 10.3. The Morgan fingerprint density at radius 2 is 1.85 bits per heavy atom. The maximum atomic E-state index is 5.60. The summed E-state index contributed by atoms with van der Waals surface area (Å²) >= 11 is 0. The monoisotopic (exact) mass is 284 g/mol. The minimum atomic E-state index is 0.563. The molecular weight excluding hydrogens is 248 g/mol. The maximum Gasteiger partial charge on any atom is 0.0623 e. The first-order chi connectivity index (χ1) is 9.74. The number of unbranched alkanes of at least 4 members (excludes halogenated alkanes) is 3. The molecule has 0 spiro atoms. The molecule has 0 aromatic heterocycles. The van der Waals surface area contributed by atoms with Crippen molar-refractivity contribution in [1.82, 2.24) is 10.6 Å². The Balaban J connectivity index is 1.92. The normalized spacial score (nSPS) is 22.8. The fourth-order valence-electron chi connectivity index (χ4n) is 2.80. The summed E-state index contributed by atoms with van der Waals surface area (Å²) in [6, 6.07) is 0.563. The second-order valence-corrected chi connectivity index (χ2v) is 6.66. The molecule has 1 heterocycles. The summed E-state index contributed by atoms with van der Waals surface area (Å²) in [7, 11) is 0. The Morgan fingerprint density at radius 1 is 1.05 bits per heavy atom. The average molecular weight is 284 g/mol. The molecule has 0 aromatic rings. The molecule has 0 amide bonds. The summed E-state index contributed by atoms with van der Waals surface area (Å²) in [5, 5.41) is 7.21. The predicted octanol–water partition coefficient (Wildman–Crippen LogP) is 3.20. The molecule has 0 bridgehead atoms. The number of nitrogens with one attached hydrogen (secondary N) is 2. The first-order valence-corrected chi connectivity index (χ1v) is 8.75. The Labute approximate surface area is 126 Å². The zero-order chi connectivity index (χ0) is 14.6. The van der Waals surface area contributed by atoms with Crippen LogP contribution in [-0.2, 0) is 4.74 Å². The van der Waals surface area contributed by atoms with Gasteiger partial charge in [0, 0.05) is 18.5 Å². The molecule has 0 radical (unpaired) electrons. The molecule has 120 valence electrons. The van der Waals surface area contributed by atoms with Crippen molar-refractivity contribution in [3.8, 4) is 0 Å². The fraction of sp³-hybridized carbons (Fsp3) is 1.00. The van der Waals surface area contributed by atoms with Gasteiger partial charge in [0.2, 0.25) is 0 Å². The van der Waals surface area contributed by atoms with E-state index in [1.165, 1.54) is 45.1 Å². The van der Waals surface area contributed by atoms with Crippen molar-refractivity contribution in [1.29, 1.82) is 0 Å². The molecule has 0 saturated carbocycles. The second-order valence-electron chi connectivity index (χ2n) is 6.66. The Hall–Kier alpha value is -0.120. The van der Waals surface area contributed by atoms with Gasteiger partial charge in [0.05, 0.1) is 13.2 Å². The standard InChI is InChI=1S/C17H36N2O/c1-4-10-19-17-14-20-13-16(17)12-18-11-8-6-5-7-9-15(2)3/h15-19H,4-14H2,1-3H3. The van der Waals surface area contributed by atoms with E-state index < -0.39 is 0 Å². The zero-order valence-corrected chi connectivity index (χ0v) is 13.9. The van der Waals surface area contributed by atoms with Crippen LogP contribution in [0.25, 0.3) is 0 Å². The van der Waals surface area contributed by atoms with Crippen LogP contribution >= 0.6 is 0 Å². The molecule has 2 unspecified atom stereocenters. The van der Waals surface area contributed by atoms with Gasteiger partial charge in [-0.2, -0.15) is 0 Å². The third kappa shape index (κ3) is 8.23. The summed E-state index contributed by atoms with van der Waals surface area (Å²) in [6.45, 7) is 12.0. The third-order valence-corrected chi connectivity index (χ3v) is 4.15. The van der Waals surface area contributed by atoms with Crippen LogP contribution < -0.4 is 10.6 Å². The molecule has 1 aliphatic heterocycles. The first kappa shape index (κ1) is 17.9. The first-order valence-electron chi connectivity index (χ1n) is 8.75. The van der Waals surface area contributed by atoms with Gasteiger partial charge in [-0.05, 0) is 31.8 Å². The predicted molar refractivity (Wildman–Crippen MR) is 87.2 cm³/mol. The van der Waals surface area contributed by atoms with Gasteiger partial charge in [-0.3, -0.25) is 0 Å². The highest BCUT2D eigenvalue weighted by molar-refractivity contribution is 4.82. The summed E-state index contributed by atoms with van der Waals surface area (Å²) < 4.78 is 5.60. The van der Waals surface area contributed by atoms with Gasteiger partial charge in [0.1, 0.15) is 0 Å². The minimum Gasteiger partial charge on any atom is -0.379 e. The van der Waals surface area contributed by atoms with Crippen molar-refractivity contribution in [2.24, 2.45) is 11.8 Å². The molecule has 0 aromatic carbocycles. The molecule has 1 fully saturated rings. The van der Waals surface area contributed by atoms with E-state index in [2.05, 4.69) is 31.4 Å². The number of ether oxygens (including phenoxy) is 1. The third-order valence-electron chi connectivity index (χ3n) is 4.15. The molecule has 2 N–H and O–H groups in total. The van der Waals surface area contributed by atoms with Gasteiger partial charge in [-0.1, -0.05) is 46.5 Å². The second kappa shape index (κ2) is 11.5. The van der Waals surface area contributed by atoms with Crippen LogP contribution in [0.5, 0.6) is 0 Å². The number of hydrogen-bond donors (Lipinski definition) is 2. The van der Waals surface area contributed by atoms with Crippen LogP contribution in [0.15, 0.2) is 0 Å². The molecule has 20 heavy (non-hydrogen) atoms. The smallest absolute Gasteiger partial charge is 0.0623 e. The highest BCUT2D eigenvalue weighted by atomic mass is 16.5. The van der Waals surface area contributed by atoms with E-state index in [0.717, 1.165) is 32.2 Å². The van der Waals surface area contributed by atoms with Gasteiger partial charge in [-0.15, -0.1) is 0 Å². The lowest BCUT2D eigenvalue weighted by molar-refractivity contribution is 0.182. The van der Waals surface area contributed by atoms with E-state index in [1.807, 2.05) is 0 Å². The molecule has 3 heteroatoms. The SMILES string of the molecule is CCCNC1COCC1CNCCCCCCC(C)C. The van der Waals surface area contributed by atoms with E-state index in [-0.39, 0.29) is 0 Å². The summed E-state index contributed by atoms with van der Waals surface area (Å²) in [6.07, 6.45) is 8.08. The van der Waals surface area contributed by atoms with E-state index in [9.17, 15) is 0 Å². The zero-order valence-electron chi connectivity index (χ0n) is 13.9. The topological polar surface area (TPSA) is 33.3 Å². The van der Waals surface area contributed by atoms with Gasteiger partial charge >= 0.3 is 0 Å². The van der Waals surface area contributed by atoms with Crippen molar-refractivity contribution >= 4 is 0 Å². The summed E-state index contributed by atoms with van der Waals surface area (Å²) in [5.74, 6) is 1.52. The van der Waals surface area contributed by atoms with E-state index in [4.69, 9.17) is 4.74 Å². The largest absolute Gasteiger partial charge is 0.379 e. The number of rotatable bonds is 12. The van der Waals surface area contributed by atoms with Crippen LogP contribution in [0.1, 0.15) is 59.3 Å². The lowest BCUT2D eigenvalue weighted by Gasteiger charge is -2.19. The highest BCUT2D eigenvalue weighted by Gasteiger charge is 2.26. The number of hydrogen-bond acceptors (Lipinski definition) is 3. The van der Waals surface area contributed by atoms with Gasteiger partial charge in [-0.25, -0.2) is 0 Å². The van der Waals surface area contributed by atoms with Crippen LogP contribution in [0.4, 0.5) is 0 Å². The van der Waals surface area contributed by atoms with Crippen molar-refractivity contribution in [3.05, 3.63) is 0 Å². The molecule has 1 saturated heterocycles. The summed E-state index contributed by atoms with van der Waals surface area (Å²) in [4.78, 5) is 0. The van der Waals surface area contributed by atoms with Crippen LogP contribution in [0.2, 0.25) is 0 Å². The van der Waals surface area contributed by atoms with E-state index in [1.54, 1.807) is 0 Å². The Bertz CT molecular complexity index is 221. The summed E-state index contributed by atoms with van der Waals surface area (Å²) in [5.41, 5.74) is 0. The fourth-order valence-corrected chi connectivity index (χ4v) is 2.80. The van der Waals surface area contributed by atoms with E-state index >= 15 is 0 Å².